The summed E-state index contributed by atoms with van der Waals surface area (Å²) >= 11 is 0. The Labute approximate surface area is 167 Å². The van der Waals surface area contributed by atoms with Crippen LogP contribution in [0.15, 0.2) is 60.7 Å². The first-order valence-corrected chi connectivity index (χ1v) is 10.4. The topological polar surface area (TPSA) is 18.5 Å². The van der Waals surface area contributed by atoms with Gasteiger partial charge in [-0.1, -0.05) is 63.1 Å². The number of ether oxygens (including phenoxy) is 2. The van der Waals surface area contributed by atoms with Gasteiger partial charge in [0.25, 0.3) is 0 Å². The van der Waals surface area contributed by atoms with E-state index in [-0.39, 0.29) is 0 Å². The lowest BCUT2D eigenvalue weighted by Gasteiger charge is -2.11. The summed E-state index contributed by atoms with van der Waals surface area (Å²) in [5, 5.41) is 7.55. The normalized spacial score (nSPS) is 11.4. The van der Waals surface area contributed by atoms with Gasteiger partial charge in [0.1, 0.15) is 11.5 Å². The highest BCUT2D eigenvalue weighted by atomic mass is 16.5. The molecule has 0 unspecified atom stereocenters. The molecule has 0 saturated carbocycles. The monoisotopic (exact) mass is 372 g/mol. The van der Waals surface area contributed by atoms with E-state index >= 15 is 0 Å². The van der Waals surface area contributed by atoms with E-state index in [1.54, 1.807) is 0 Å². The highest BCUT2D eigenvalue weighted by Crippen LogP contribution is 2.34. The highest BCUT2D eigenvalue weighted by Gasteiger charge is 2.07. The van der Waals surface area contributed by atoms with E-state index in [2.05, 4.69) is 74.5 Å². The second-order valence-electron chi connectivity index (χ2n) is 7.40. The molecule has 2 heteroatoms. The van der Waals surface area contributed by atoms with Gasteiger partial charge in [-0.25, -0.2) is 0 Å². The molecule has 0 aliphatic rings. The van der Waals surface area contributed by atoms with Crippen LogP contribution in [-0.2, 0) is 0 Å². The standard InChI is InChI=1S/C26H28O2/c1-3-5-15-27-21-9-13-23-19(17-21)7-11-26-24-14-10-22(28-16-6-4-2)18-20(24)8-12-25(23)26/h7-14,17-18H,3-6,15-16H2,1-2H3. The molecule has 4 aromatic rings. The summed E-state index contributed by atoms with van der Waals surface area (Å²) in [6.07, 6.45) is 4.48. The lowest BCUT2D eigenvalue weighted by molar-refractivity contribution is 0.309. The van der Waals surface area contributed by atoms with E-state index in [0.29, 0.717) is 0 Å². The van der Waals surface area contributed by atoms with Crippen LogP contribution in [0.3, 0.4) is 0 Å². The van der Waals surface area contributed by atoms with Crippen LogP contribution in [0.1, 0.15) is 39.5 Å². The van der Waals surface area contributed by atoms with E-state index in [1.165, 1.54) is 32.3 Å². The number of benzene rings is 4. The Kier molecular flexibility index (Phi) is 5.66. The van der Waals surface area contributed by atoms with Gasteiger partial charge in [0.15, 0.2) is 0 Å². The third-order valence-electron chi connectivity index (χ3n) is 5.31. The second kappa shape index (κ2) is 8.52. The molecule has 0 saturated heterocycles. The molecule has 28 heavy (non-hydrogen) atoms. The minimum Gasteiger partial charge on any atom is -0.494 e. The summed E-state index contributed by atoms with van der Waals surface area (Å²) in [7, 11) is 0. The quantitative estimate of drug-likeness (QED) is 0.235. The Bertz CT molecular complexity index is 1010. The molecule has 0 spiro atoms. The van der Waals surface area contributed by atoms with Crippen LogP contribution in [-0.4, -0.2) is 13.2 Å². The number of hydrogen-bond donors (Lipinski definition) is 0. The van der Waals surface area contributed by atoms with Crippen molar-refractivity contribution in [1.82, 2.24) is 0 Å². The molecule has 0 bridgehead atoms. The first-order chi connectivity index (χ1) is 13.8. The largest absolute Gasteiger partial charge is 0.494 e. The van der Waals surface area contributed by atoms with Crippen LogP contribution < -0.4 is 9.47 Å². The predicted octanol–water partition coefficient (Wildman–Crippen LogP) is 7.50. The SMILES string of the molecule is CCCCOc1ccc2c(ccc3c4ccc(OCCCC)cc4ccc23)c1. The highest BCUT2D eigenvalue weighted by molar-refractivity contribution is 6.17. The molecule has 4 aromatic carbocycles. The van der Waals surface area contributed by atoms with E-state index < -0.39 is 0 Å². The Morgan fingerprint density at radius 2 is 0.964 bits per heavy atom. The Hall–Kier alpha value is -2.74. The van der Waals surface area contributed by atoms with Crippen molar-refractivity contribution in [2.75, 3.05) is 13.2 Å². The van der Waals surface area contributed by atoms with Gasteiger partial charge in [-0.2, -0.15) is 0 Å². The van der Waals surface area contributed by atoms with Crippen molar-refractivity contribution >= 4 is 32.3 Å². The Morgan fingerprint density at radius 3 is 1.39 bits per heavy atom. The van der Waals surface area contributed by atoms with Crippen molar-refractivity contribution in [3.05, 3.63) is 60.7 Å². The zero-order valence-electron chi connectivity index (χ0n) is 16.8. The molecule has 0 aromatic heterocycles. The molecule has 0 aliphatic carbocycles. The molecule has 0 heterocycles. The number of fused-ring (bicyclic) bond motifs is 5. The lowest BCUT2D eigenvalue weighted by atomic mass is 9.97. The molecule has 0 aliphatic heterocycles. The lowest BCUT2D eigenvalue weighted by Crippen LogP contribution is -1.96. The molecule has 144 valence electrons. The Balaban J connectivity index is 1.71. The van der Waals surface area contributed by atoms with Crippen molar-refractivity contribution in [2.45, 2.75) is 39.5 Å². The number of rotatable bonds is 8. The van der Waals surface area contributed by atoms with Gasteiger partial charge in [-0.05, 0) is 69.4 Å². The van der Waals surface area contributed by atoms with E-state index in [0.717, 1.165) is 50.4 Å². The second-order valence-corrected chi connectivity index (χ2v) is 7.40. The van der Waals surface area contributed by atoms with Crippen molar-refractivity contribution in [3.63, 3.8) is 0 Å². The summed E-state index contributed by atoms with van der Waals surface area (Å²) < 4.78 is 11.8. The summed E-state index contributed by atoms with van der Waals surface area (Å²) in [6.45, 7) is 5.92. The fourth-order valence-electron chi connectivity index (χ4n) is 3.69. The molecular formula is C26H28O2. The number of hydrogen-bond acceptors (Lipinski definition) is 2. The van der Waals surface area contributed by atoms with Gasteiger partial charge < -0.3 is 9.47 Å². The molecule has 0 radical (unpaired) electrons. The molecule has 0 fully saturated rings. The average Bonchev–Trinajstić information content (AvgIpc) is 2.73. The van der Waals surface area contributed by atoms with Crippen LogP contribution in [0.25, 0.3) is 32.3 Å². The van der Waals surface area contributed by atoms with Gasteiger partial charge in [0.2, 0.25) is 0 Å². The average molecular weight is 373 g/mol. The molecule has 4 rings (SSSR count). The van der Waals surface area contributed by atoms with Crippen LogP contribution in [0.2, 0.25) is 0 Å². The van der Waals surface area contributed by atoms with Crippen molar-refractivity contribution in [3.8, 4) is 11.5 Å². The third kappa shape index (κ3) is 3.77. The third-order valence-corrected chi connectivity index (χ3v) is 5.31. The fraction of sp³-hybridized carbons (Fsp3) is 0.308. The van der Waals surface area contributed by atoms with E-state index in [1.807, 2.05) is 0 Å². The van der Waals surface area contributed by atoms with Crippen LogP contribution in [0, 0.1) is 0 Å². The van der Waals surface area contributed by atoms with Crippen LogP contribution in [0.4, 0.5) is 0 Å². The number of unbranched alkanes of at least 4 members (excludes halogenated alkanes) is 2. The summed E-state index contributed by atoms with van der Waals surface area (Å²) in [6, 6.07) is 21.7. The molecule has 0 amide bonds. The maximum absolute atomic E-state index is 5.88. The van der Waals surface area contributed by atoms with E-state index in [4.69, 9.17) is 9.47 Å². The molecule has 0 atom stereocenters. The van der Waals surface area contributed by atoms with Gasteiger partial charge in [-0.3, -0.25) is 0 Å². The van der Waals surface area contributed by atoms with Crippen molar-refractivity contribution in [2.24, 2.45) is 0 Å². The fourth-order valence-corrected chi connectivity index (χ4v) is 3.69. The van der Waals surface area contributed by atoms with Gasteiger partial charge in [-0.15, -0.1) is 0 Å². The Morgan fingerprint density at radius 1 is 0.536 bits per heavy atom. The molecular weight excluding hydrogens is 344 g/mol. The predicted molar refractivity (Wildman–Crippen MR) is 120 cm³/mol. The molecule has 2 nitrogen and oxygen atoms in total. The summed E-state index contributed by atoms with van der Waals surface area (Å²) in [5.74, 6) is 1.91. The van der Waals surface area contributed by atoms with Crippen LogP contribution >= 0.6 is 0 Å². The van der Waals surface area contributed by atoms with Crippen molar-refractivity contribution in [1.29, 1.82) is 0 Å². The summed E-state index contributed by atoms with van der Waals surface area (Å²) in [4.78, 5) is 0. The zero-order chi connectivity index (χ0) is 19.3. The zero-order valence-corrected chi connectivity index (χ0v) is 16.8. The smallest absolute Gasteiger partial charge is 0.119 e. The van der Waals surface area contributed by atoms with Crippen molar-refractivity contribution < 1.29 is 9.47 Å². The van der Waals surface area contributed by atoms with Gasteiger partial charge in [0, 0.05) is 0 Å². The van der Waals surface area contributed by atoms with Crippen LogP contribution in [0.5, 0.6) is 11.5 Å². The first kappa shape index (κ1) is 18.6. The minimum atomic E-state index is 0.781. The summed E-state index contributed by atoms with van der Waals surface area (Å²) in [5.41, 5.74) is 0. The van der Waals surface area contributed by atoms with E-state index in [9.17, 15) is 0 Å². The first-order valence-electron chi connectivity index (χ1n) is 10.4. The molecule has 0 N–H and O–H groups in total. The maximum atomic E-state index is 5.88. The van der Waals surface area contributed by atoms with Gasteiger partial charge in [0.05, 0.1) is 13.2 Å². The maximum Gasteiger partial charge on any atom is 0.119 e. The minimum absolute atomic E-state index is 0.781. The van der Waals surface area contributed by atoms with Gasteiger partial charge >= 0.3 is 0 Å².